The zero-order chi connectivity index (χ0) is 17.4. The molecular weight excluding hydrogens is 302 g/mol. The van der Waals surface area contributed by atoms with E-state index < -0.39 is 5.60 Å². The van der Waals surface area contributed by atoms with Crippen molar-refractivity contribution in [3.63, 3.8) is 0 Å². The Kier molecular flexibility index (Phi) is 4.10. The minimum atomic E-state index is -0.905. The van der Waals surface area contributed by atoms with Gasteiger partial charge in [-0.3, -0.25) is 4.79 Å². The smallest absolute Gasteiger partial charge is 0.257 e. The van der Waals surface area contributed by atoms with Crippen molar-refractivity contribution in [1.82, 2.24) is 4.90 Å². The largest absolute Gasteiger partial charge is 0.457 e. The zero-order valence-electron chi connectivity index (χ0n) is 14.3. The fourth-order valence-electron chi connectivity index (χ4n) is 2.95. The first-order chi connectivity index (χ1) is 11.3. The highest BCUT2D eigenvalue weighted by Gasteiger charge is 2.49. The number of aliphatic hydroxyl groups is 1. The first-order valence-electron chi connectivity index (χ1n) is 8.14. The summed E-state index contributed by atoms with van der Waals surface area (Å²) in [6.07, 6.45) is 0. The number of hydrogen-bond acceptors (Lipinski definition) is 3. The molecular formula is C20H23NO3. The van der Waals surface area contributed by atoms with E-state index in [9.17, 15) is 9.90 Å². The second-order valence-corrected chi connectivity index (χ2v) is 7.23. The highest BCUT2D eigenvalue weighted by Crippen LogP contribution is 2.39. The lowest BCUT2D eigenvalue weighted by atomic mass is 9.79. The van der Waals surface area contributed by atoms with E-state index in [1.807, 2.05) is 56.3 Å². The molecule has 0 radical (unpaired) electrons. The molecule has 1 fully saturated rings. The Labute approximate surface area is 142 Å². The fraction of sp³-hybridized carbons (Fsp3) is 0.350. The minimum Gasteiger partial charge on any atom is -0.457 e. The zero-order valence-corrected chi connectivity index (χ0v) is 14.3. The van der Waals surface area contributed by atoms with E-state index in [0.717, 1.165) is 0 Å². The molecule has 0 unspecified atom stereocenters. The topological polar surface area (TPSA) is 49.8 Å². The normalized spacial score (nSPS) is 22.4. The van der Waals surface area contributed by atoms with E-state index in [1.54, 1.807) is 24.0 Å². The summed E-state index contributed by atoms with van der Waals surface area (Å²) in [4.78, 5) is 14.7. The third-order valence-electron chi connectivity index (χ3n) is 4.92. The summed E-state index contributed by atoms with van der Waals surface area (Å²) in [7, 11) is 0. The number of nitrogens with zero attached hydrogens (tertiary/aromatic N) is 1. The van der Waals surface area contributed by atoms with Gasteiger partial charge in [0.05, 0.1) is 17.7 Å². The fourth-order valence-corrected chi connectivity index (χ4v) is 2.95. The molecule has 3 rings (SSSR count). The third-order valence-corrected chi connectivity index (χ3v) is 4.92. The van der Waals surface area contributed by atoms with Crippen molar-refractivity contribution in [1.29, 1.82) is 0 Å². The van der Waals surface area contributed by atoms with Gasteiger partial charge in [-0.05, 0) is 31.2 Å². The molecule has 0 spiro atoms. The van der Waals surface area contributed by atoms with Gasteiger partial charge in [-0.25, -0.2) is 0 Å². The van der Waals surface area contributed by atoms with E-state index in [4.69, 9.17) is 4.74 Å². The molecule has 0 bridgehead atoms. The molecule has 1 atom stereocenters. The van der Waals surface area contributed by atoms with Gasteiger partial charge in [-0.2, -0.15) is 0 Å². The number of carbonyl (C=O) groups is 1. The SMILES string of the molecule is CC1(C)CN(C(=O)c2ccccc2Oc2ccccc2)C[C@@]1(C)O. The number of benzene rings is 2. The summed E-state index contributed by atoms with van der Waals surface area (Å²) in [5, 5.41) is 10.6. The van der Waals surface area contributed by atoms with Crippen LogP contribution in [0.3, 0.4) is 0 Å². The Balaban J connectivity index is 1.87. The van der Waals surface area contributed by atoms with Crippen molar-refractivity contribution in [3.05, 3.63) is 60.2 Å². The molecule has 1 heterocycles. The van der Waals surface area contributed by atoms with E-state index in [2.05, 4.69) is 0 Å². The molecule has 2 aromatic rings. The lowest BCUT2D eigenvalue weighted by Crippen LogP contribution is -2.40. The van der Waals surface area contributed by atoms with Crippen LogP contribution in [-0.4, -0.2) is 34.6 Å². The summed E-state index contributed by atoms with van der Waals surface area (Å²) < 4.78 is 5.88. The van der Waals surface area contributed by atoms with Gasteiger partial charge in [0, 0.05) is 12.0 Å². The predicted molar refractivity (Wildman–Crippen MR) is 93.3 cm³/mol. The van der Waals surface area contributed by atoms with Gasteiger partial charge in [-0.15, -0.1) is 0 Å². The molecule has 1 amide bonds. The lowest BCUT2D eigenvalue weighted by molar-refractivity contribution is -0.0108. The molecule has 4 heteroatoms. The van der Waals surface area contributed by atoms with Crippen LogP contribution in [0.2, 0.25) is 0 Å². The van der Waals surface area contributed by atoms with E-state index in [0.29, 0.717) is 30.2 Å². The Morgan fingerprint density at radius 3 is 2.25 bits per heavy atom. The van der Waals surface area contributed by atoms with E-state index in [-0.39, 0.29) is 11.3 Å². The van der Waals surface area contributed by atoms with Crippen molar-refractivity contribution in [2.24, 2.45) is 5.41 Å². The number of carbonyl (C=O) groups excluding carboxylic acids is 1. The van der Waals surface area contributed by atoms with Crippen molar-refractivity contribution in [3.8, 4) is 11.5 Å². The number of β-amino-alcohol motifs (C(OH)–C–C–N with tert-alkyl or cyclic N) is 1. The molecule has 0 saturated carbocycles. The number of likely N-dealkylation sites (tertiary alicyclic amines) is 1. The summed E-state index contributed by atoms with van der Waals surface area (Å²) in [6, 6.07) is 16.6. The monoisotopic (exact) mass is 325 g/mol. The Morgan fingerprint density at radius 1 is 1.00 bits per heavy atom. The number of para-hydroxylation sites is 2. The standard InChI is InChI=1S/C20H23NO3/c1-19(2)13-21(14-20(19,3)23)18(22)16-11-7-8-12-17(16)24-15-9-5-4-6-10-15/h4-12,23H,13-14H2,1-3H3/t20-/m1/s1. The molecule has 0 aromatic heterocycles. The van der Waals surface area contributed by atoms with Crippen LogP contribution in [0.4, 0.5) is 0 Å². The van der Waals surface area contributed by atoms with Gasteiger partial charge in [0.2, 0.25) is 0 Å². The highest BCUT2D eigenvalue weighted by molar-refractivity contribution is 5.97. The molecule has 1 aliphatic heterocycles. The van der Waals surface area contributed by atoms with Gasteiger partial charge in [0.1, 0.15) is 11.5 Å². The maximum atomic E-state index is 13.0. The molecule has 1 aliphatic rings. The van der Waals surface area contributed by atoms with Crippen LogP contribution in [-0.2, 0) is 0 Å². The van der Waals surface area contributed by atoms with Crippen molar-refractivity contribution >= 4 is 5.91 Å². The van der Waals surface area contributed by atoms with Gasteiger partial charge in [-0.1, -0.05) is 44.2 Å². The predicted octanol–water partition coefficient (Wildman–Crippen LogP) is 3.71. The van der Waals surface area contributed by atoms with Crippen LogP contribution in [0.1, 0.15) is 31.1 Å². The van der Waals surface area contributed by atoms with Gasteiger partial charge in [0.25, 0.3) is 5.91 Å². The number of ether oxygens (including phenoxy) is 1. The van der Waals surface area contributed by atoms with Crippen LogP contribution < -0.4 is 4.74 Å². The number of rotatable bonds is 3. The summed E-state index contributed by atoms with van der Waals surface area (Å²) in [6.45, 7) is 6.57. The van der Waals surface area contributed by atoms with Crippen molar-refractivity contribution < 1.29 is 14.6 Å². The first kappa shape index (κ1) is 16.5. The summed E-state index contributed by atoms with van der Waals surface area (Å²) in [5.41, 5.74) is -0.745. The van der Waals surface area contributed by atoms with E-state index in [1.165, 1.54) is 0 Å². The highest BCUT2D eigenvalue weighted by atomic mass is 16.5. The maximum Gasteiger partial charge on any atom is 0.257 e. The lowest BCUT2D eigenvalue weighted by Gasteiger charge is -2.30. The maximum absolute atomic E-state index is 13.0. The molecule has 2 aromatic carbocycles. The number of amides is 1. The van der Waals surface area contributed by atoms with Crippen molar-refractivity contribution in [2.45, 2.75) is 26.4 Å². The average molecular weight is 325 g/mol. The molecule has 4 nitrogen and oxygen atoms in total. The second-order valence-electron chi connectivity index (χ2n) is 7.23. The van der Waals surface area contributed by atoms with Crippen LogP contribution in [0, 0.1) is 5.41 Å². The van der Waals surface area contributed by atoms with Crippen LogP contribution in [0.15, 0.2) is 54.6 Å². The van der Waals surface area contributed by atoms with Crippen LogP contribution >= 0.6 is 0 Å². The Morgan fingerprint density at radius 2 is 1.62 bits per heavy atom. The van der Waals surface area contributed by atoms with Gasteiger partial charge >= 0.3 is 0 Å². The van der Waals surface area contributed by atoms with Gasteiger partial charge in [0.15, 0.2) is 0 Å². The second kappa shape index (κ2) is 5.95. The minimum absolute atomic E-state index is 0.118. The first-order valence-corrected chi connectivity index (χ1v) is 8.14. The molecule has 1 N–H and O–H groups in total. The Hall–Kier alpha value is -2.33. The van der Waals surface area contributed by atoms with Gasteiger partial charge < -0.3 is 14.7 Å². The van der Waals surface area contributed by atoms with E-state index >= 15 is 0 Å². The average Bonchev–Trinajstić information content (AvgIpc) is 2.76. The third kappa shape index (κ3) is 3.02. The van der Waals surface area contributed by atoms with Crippen molar-refractivity contribution in [2.75, 3.05) is 13.1 Å². The number of hydrogen-bond donors (Lipinski definition) is 1. The molecule has 24 heavy (non-hydrogen) atoms. The molecule has 0 aliphatic carbocycles. The summed E-state index contributed by atoms with van der Waals surface area (Å²) in [5.74, 6) is 1.09. The van der Waals surface area contributed by atoms with Crippen LogP contribution in [0.25, 0.3) is 0 Å². The quantitative estimate of drug-likeness (QED) is 0.936. The summed E-state index contributed by atoms with van der Waals surface area (Å²) >= 11 is 0. The Bertz CT molecular complexity index is 722. The molecule has 126 valence electrons. The van der Waals surface area contributed by atoms with Crippen LogP contribution in [0.5, 0.6) is 11.5 Å². The molecule has 1 saturated heterocycles.